The standard InChI is InChI=1S/C18H17NS/c1-12-9-10-19-16(11-12)15-7-4-6-14-13-5-2-3-8-17(13)20-18(14)15/h4,6-7,9-11H,2-3,5,8H2,1H3. The lowest BCUT2D eigenvalue weighted by molar-refractivity contribution is 0.700. The molecule has 20 heavy (non-hydrogen) atoms. The Morgan fingerprint density at radius 2 is 2.00 bits per heavy atom. The number of nitrogens with zero attached hydrogens (tertiary/aromatic N) is 1. The van der Waals surface area contributed by atoms with Gasteiger partial charge in [0, 0.05) is 21.3 Å². The first kappa shape index (κ1) is 12.1. The van der Waals surface area contributed by atoms with Gasteiger partial charge in [-0.2, -0.15) is 0 Å². The third-order valence-electron chi connectivity index (χ3n) is 4.17. The van der Waals surface area contributed by atoms with Crippen molar-refractivity contribution in [1.82, 2.24) is 4.98 Å². The summed E-state index contributed by atoms with van der Waals surface area (Å²) in [5.74, 6) is 0. The third-order valence-corrected chi connectivity index (χ3v) is 5.51. The fourth-order valence-corrected chi connectivity index (χ4v) is 4.58. The Kier molecular flexibility index (Phi) is 2.85. The van der Waals surface area contributed by atoms with E-state index in [1.807, 2.05) is 17.5 Å². The van der Waals surface area contributed by atoms with Crippen LogP contribution in [0, 0.1) is 6.92 Å². The highest BCUT2D eigenvalue weighted by molar-refractivity contribution is 7.19. The van der Waals surface area contributed by atoms with E-state index < -0.39 is 0 Å². The zero-order chi connectivity index (χ0) is 13.5. The summed E-state index contributed by atoms with van der Waals surface area (Å²) >= 11 is 1.99. The van der Waals surface area contributed by atoms with Crippen molar-refractivity contribution in [2.45, 2.75) is 32.6 Å². The second-order valence-electron chi connectivity index (χ2n) is 5.61. The number of rotatable bonds is 1. The Labute approximate surface area is 123 Å². The predicted octanol–water partition coefficient (Wildman–Crippen LogP) is 5.15. The van der Waals surface area contributed by atoms with Crippen LogP contribution in [-0.4, -0.2) is 4.98 Å². The molecule has 0 amide bonds. The summed E-state index contributed by atoms with van der Waals surface area (Å²) in [6.45, 7) is 2.13. The molecular formula is C18H17NS. The van der Waals surface area contributed by atoms with Gasteiger partial charge in [0.1, 0.15) is 0 Å². The molecule has 2 heterocycles. The van der Waals surface area contributed by atoms with Crippen LogP contribution in [0.5, 0.6) is 0 Å². The molecule has 3 aromatic rings. The summed E-state index contributed by atoms with van der Waals surface area (Å²) in [4.78, 5) is 6.18. The summed E-state index contributed by atoms with van der Waals surface area (Å²) in [7, 11) is 0. The molecule has 0 fully saturated rings. The van der Waals surface area contributed by atoms with Gasteiger partial charge in [0.2, 0.25) is 0 Å². The van der Waals surface area contributed by atoms with Crippen molar-refractivity contribution in [2.24, 2.45) is 0 Å². The average Bonchev–Trinajstić information content (AvgIpc) is 2.86. The molecule has 4 rings (SSSR count). The highest BCUT2D eigenvalue weighted by Crippen LogP contribution is 2.40. The number of fused-ring (bicyclic) bond motifs is 3. The van der Waals surface area contributed by atoms with Crippen LogP contribution < -0.4 is 0 Å². The lowest BCUT2D eigenvalue weighted by Gasteiger charge is -2.10. The van der Waals surface area contributed by atoms with Gasteiger partial charge in [0.25, 0.3) is 0 Å². The van der Waals surface area contributed by atoms with Crippen LogP contribution in [0.25, 0.3) is 21.3 Å². The van der Waals surface area contributed by atoms with Gasteiger partial charge in [0.15, 0.2) is 0 Å². The van der Waals surface area contributed by atoms with E-state index >= 15 is 0 Å². The van der Waals surface area contributed by atoms with Crippen molar-refractivity contribution in [1.29, 1.82) is 0 Å². The minimum atomic E-state index is 1.11. The average molecular weight is 279 g/mol. The Morgan fingerprint density at radius 1 is 1.10 bits per heavy atom. The van der Waals surface area contributed by atoms with E-state index in [0.29, 0.717) is 0 Å². The van der Waals surface area contributed by atoms with Gasteiger partial charge in [-0.15, -0.1) is 11.3 Å². The monoisotopic (exact) mass is 279 g/mol. The van der Waals surface area contributed by atoms with Gasteiger partial charge in [0.05, 0.1) is 5.69 Å². The molecule has 2 heteroatoms. The highest BCUT2D eigenvalue weighted by atomic mass is 32.1. The first-order valence-electron chi connectivity index (χ1n) is 7.29. The topological polar surface area (TPSA) is 12.9 Å². The van der Waals surface area contributed by atoms with Gasteiger partial charge in [-0.05, 0) is 61.3 Å². The smallest absolute Gasteiger partial charge is 0.0719 e. The first-order valence-corrected chi connectivity index (χ1v) is 8.11. The predicted molar refractivity (Wildman–Crippen MR) is 86.4 cm³/mol. The van der Waals surface area contributed by atoms with Crippen LogP contribution in [0.4, 0.5) is 0 Å². The molecule has 0 atom stereocenters. The third kappa shape index (κ3) is 1.87. The maximum absolute atomic E-state index is 4.57. The van der Waals surface area contributed by atoms with Crippen molar-refractivity contribution in [2.75, 3.05) is 0 Å². The minimum absolute atomic E-state index is 1.11. The highest BCUT2D eigenvalue weighted by Gasteiger charge is 2.18. The Balaban J connectivity index is 1.98. The molecule has 100 valence electrons. The van der Waals surface area contributed by atoms with Crippen LogP contribution >= 0.6 is 11.3 Å². The van der Waals surface area contributed by atoms with E-state index in [1.54, 1.807) is 10.4 Å². The van der Waals surface area contributed by atoms with Gasteiger partial charge in [-0.3, -0.25) is 4.98 Å². The van der Waals surface area contributed by atoms with Crippen LogP contribution in [0.3, 0.4) is 0 Å². The van der Waals surface area contributed by atoms with Gasteiger partial charge < -0.3 is 0 Å². The Bertz CT molecular complexity index is 785. The number of pyridine rings is 1. The van der Waals surface area contributed by atoms with E-state index in [-0.39, 0.29) is 0 Å². The normalized spacial score (nSPS) is 14.4. The number of hydrogen-bond donors (Lipinski definition) is 0. The quantitative estimate of drug-likeness (QED) is 0.600. The van der Waals surface area contributed by atoms with Gasteiger partial charge in [-0.25, -0.2) is 0 Å². The first-order chi connectivity index (χ1) is 9.83. The molecule has 0 bridgehead atoms. The molecule has 0 aliphatic heterocycles. The second-order valence-corrected chi connectivity index (χ2v) is 6.72. The van der Waals surface area contributed by atoms with E-state index in [2.05, 4.69) is 42.2 Å². The largest absolute Gasteiger partial charge is 0.256 e. The molecule has 0 saturated heterocycles. The fraction of sp³-hybridized carbons (Fsp3) is 0.278. The minimum Gasteiger partial charge on any atom is -0.256 e. The number of aromatic nitrogens is 1. The molecule has 0 unspecified atom stereocenters. The Hall–Kier alpha value is -1.67. The molecule has 0 spiro atoms. The molecule has 2 aromatic heterocycles. The maximum Gasteiger partial charge on any atom is 0.0719 e. The maximum atomic E-state index is 4.57. The molecule has 1 aliphatic carbocycles. The molecule has 1 aliphatic rings. The zero-order valence-electron chi connectivity index (χ0n) is 11.6. The second kappa shape index (κ2) is 4.71. The van der Waals surface area contributed by atoms with Crippen molar-refractivity contribution >= 4 is 21.4 Å². The lowest BCUT2D eigenvalue weighted by Crippen LogP contribution is -1.97. The summed E-state index contributed by atoms with van der Waals surface area (Å²) in [5.41, 5.74) is 5.28. The van der Waals surface area contributed by atoms with Crippen LogP contribution in [0.1, 0.15) is 28.8 Å². The fourth-order valence-electron chi connectivity index (χ4n) is 3.17. The Morgan fingerprint density at radius 3 is 2.90 bits per heavy atom. The van der Waals surface area contributed by atoms with E-state index in [4.69, 9.17) is 0 Å². The molecule has 0 N–H and O–H groups in total. The van der Waals surface area contributed by atoms with Crippen LogP contribution in [0.2, 0.25) is 0 Å². The van der Waals surface area contributed by atoms with E-state index in [9.17, 15) is 0 Å². The molecular weight excluding hydrogens is 262 g/mol. The van der Waals surface area contributed by atoms with E-state index in [0.717, 1.165) is 5.69 Å². The van der Waals surface area contributed by atoms with Crippen molar-refractivity contribution in [3.8, 4) is 11.3 Å². The van der Waals surface area contributed by atoms with Gasteiger partial charge >= 0.3 is 0 Å². The molecule has 1 nitrogen and oxygen atoms in total. The number of aryl methyl sites for hydroxylation is 3. The number of hydrogen-bond acceptors (Lipinski definition) is 2. The molecule has 0 radical (unpaired) electrons. The number of benzene rings is 1. The van der Waals surface area contributed by atoms with Crippen molar-refractivity contribution in [3.63, 3.8) is 0 Å². The summed E-state index contributed by atoms with van der Waals surface area (Å²) < 4.78 is 1.43. The summed E-state index contributed by atoms with van der Waals surface area (Å²) in [6, 6.07) is 10.9. The van der Waals surface area contributed by atoms with E-state index in [1.165, 1.54) is 46.9 Å². The molecule has 1 aromatic carbocycles. The summed E-state index contributed by atoms with van der Waals surface area (Å²) in [6.07, 6.45) is 7.11. The van der Waals surface area contributed by atoms with Gasteiger partial charge in [-0.1, -0.05) is 18.2 Å². The van der Waals surface area contributed by atoms with Crippen LogP contribution in [-0.2, 0) is 12.8 Å². The lowest BCUT2D eigenvalue weighted by atomic mass is 9.95. The SMILES string of the molecule is Cc1ccnc(-c2cccc3c4c(sc23)CCCC4)c1. The number of thiophene rings is 1. The van der Waals surface area contributed by atoms with Crippen molar-refractivity contribution < 1.29 is 0 Å². The summed E-state index contributed by atoms with van der Waals surface area (Å²) in [5, 5.41) is 1.46. The van der Waals surface area contributed by atoms with Crippen molar-refractivity contribution in [3.05, 3.63) is 52.5 Å². The van der Waals surface area contributed by atoms with Crippen LogP contribution in [0.15, 0.2) is 36.5 Å². The zero-order valence-corrected chi connectivity index (χ0v) is 12.5. The molecule has 0 saturated carbocycles.